The highest BCUT2D eigenvalue weighted by Crippen LogP contribution is 2.37. The van der Waals surface area contributed by atoms with Gasteiger partial charge >= 0.3 is 0 Å². The molecular weight excluding hydrogens is 324 g/mol. The molecule has 24 heavy (non-hydrogen) atoms. The number of nitrogens with zero attached hydrogens (tertiary/aromatic N) is 4. The first-order chi connectivity index (χ1) is 11.5. The molecule has 4 heterocycles. The largest absolute Gasteiger partial charge is 0.366 e. The molecule has 5 nitrogen and oxygen atoms in total. The summed E-state index contributed by atoms with van der Waals surface area (Å²) in [5.74, 6) is 0. The number of rotatable bonds is 3. The first-order valence-corrected chi connectivity index (χ1v) is 8.69. The van der Waals surface area contributed by atoms with Gasteiger partial charge in [-0.2, -0.15) is 5.10 Å². The summed E-state index contributed by atoms with van der Waals surface area (Å²) < 4.78 is 1.28. The number of fused-ring (bicyclic) bond motifs is 2. The summed E-state index contributed by atoms with van der Waals surface area (Å²) in [6.07, 6.45) is 2.93. The second-order valence-electron chi connectivity index (χ2n) is 6.82. The third-order valence-corrected chi connectivity index (χ3v) is 5.71. The molecule has 0 spiro atoms. The monoisotopic (exact) mass is 344 g/mol. The maximum atomic E-state index is 12.0. The molecule has 3 aliphatic rings. The number of aryl methyl sites for hydroxylation is 2. The lowest BCUT2D eigenvalue weighted by atomic mass is 9.86. The fourth-order valence-electron chi connectivity index (χ4n) is 3.85. The molecule has 3 aliphatic heterocycles. The molecule has 1 aromatic heterocycles. The molecule has 3 saturated heterocycles. The molecule has 2 unspecified atom stereocenters. The van der Waals surface area contributed by atoms with Gasteiger partial charge in [0.05, 0.1) is 11.9 Å². The summed E-state index contributed by atoms with van der Waals surface area (Å²) in [7, 11) is 1.62. The van der Waals surface area contributed by atoms with Crippen molar-refractivity contribution in [2.24, 2.45) is 7.05 Å². The average molecular weight is 345 g/mol. The molecule has 5 rings (SSSR count). The summed E-state index contributed by atoms with van der Waals surface area (Å²) >= 11 is 6.25. The molecule has 0 amide bonds. The van der Waals surface area contributed by atoms with Crippen molar-refractivity contribution >= 4 is 17.3 Å². The van der Waals surface area contributed by atoms with E-state index in [9.17, 15) is 4.79 Å². The number of hydrogen-bond donors (Lipinski definition) is 0. The lowest BCUT2D eigenvalue weighted by Gasteiger charge is -2.57. The Hall–Kier alpha value is -1.85. The first kappa shape index (κ1) is 15.7. The normalized spacial score (nSPS) is 23.2. The van der Waals surface area contributed by atoms with E-state index in [4.69, 9.17) is 11.6 Å². The van der Waals surface area contributed by atoms with Crippen LogP contribution >= 0.6 is 11.6 Å². The van der Waals surface area contributed by atoms with Crippen molar-refractivity contribution in [2.45, 2.75) is 32.0 Å². The quantitative estimate of drug-likeness (QED) is 0.856. The summed E-state index contributed by atoms with van der Waals surface area (Å²) in [6, 6.07) is 9.61. The first-order valence-electron chi connectivity index (χ1n) is 8.31. The average Bonchev–Trinajstić information content (AvgIpc) is 2.59. The fraction of sp³-hybridized carbons (Fsp3) is 0.444. The van der Waals surface area contributed by atoms with Crippen LogP contribution in [-0.4, -0.2) is 39.9 Å². The molecule has 0 radical (unpaired) electrons. The molecule has 2 bridgehead atoms. The maximum absolute atomic E-state index is 12.0. The zero-order valence-corrected chi connectivity index (χ0v) is 14.7. The van der Waals surface area contributed by atoms with Crippen LogP contribution in [0.2, 0.25) is 5.02 Å². The number of anilines is 1. The molecule has 0 saturated carbocycles. The third kappa shape index (κ3) is 2.52. The standard InChI is InChI=1S/C18H21ClN4O/c1-12-5-3-4-6-13(12)9-23-14-7-15(23)11-22(10-14)16-8-20-21(2)18(24)17(16)19/h3-6,8,14-15H,7,9-11H2,1-2H3. The Morgan fingerprint density at radius 3 is 2.67 bits per heavy atom. The van der Waals surface area contributed by atoms with Gasteiger partial charge < -0.3 is 4.90 Å². The number of benzene rings is 1. The fourth-order valence-corrected chi connectivity index (χ4v) is 4.14. The molecule has 0 N–H and O–H groups in total. The van der Waals surface area contributed by atoms with E-state index in [0.717, 1.165) is 25.3 Å². The Morgan fingerprint density at radius 2 is 1.96 bits per heavy atom. The Bertz CT molecular complexity index is 822. The highest BCUT2D eigenvalue weighted by Gasteiger charge is 2.45. The second-order valence-corrected chi connectivity index (χ2v) is 7.20. The van der Waals surface area contributed by atoms with E-state index < -0.39 is 0 Å². The van der Waals surface area contributed by atoms with Crippen LogP contribution in [0.1, 0.15) is 17.5 Å². The highest BCUT2D eigenvalue weighted by atomic mass is 35.5. The molecule has 2 atom stereocenters. The van der Waals surface area contributed by atoms with E-state index in [1.54, 1.807) is 13.2 Å². The van der Waals surface area contributed by atoms with Crippen molar-refractivity contribution in [1.82, 2.24) is 14.7 Å². The van der Waals surface area contributed by atoms with Crippen LogP contribution in [0.5, 0.6) is 0 Å². The van der Waals surface area contributed by atoms with Crippen LogP contribution in [0.15, 0.2) is 35.3 Å². The summed E-state index contributed by atoms with van der Waals surface area (Å²) in [5, 5.41) is 4.39. The summed E-state index contributed by atoms with van der Waals surface area (Å²) in [5.41, 5.74) is 3.28. The molecule has 3 fully saturated rings. The summed E-state index contributed by atoms with van der Waals surface area (Å²) in [4.78, 5) is 16.8. The molecule has 126 valence electrons. The number of halogens is 1. The minimum atomic E-state index is -0.231. The lowest BCUT2D eigenvalue weighted by molar-refractivity contribution is -0.00859. The van der Waals surface area contributed by atoms with Crippen molar-refractivity contribution in [3.63, 3.8) is 0 Å². The van der Waals surface area contributed by atoms with Crippen LogP contribution < -0.4 is 10.5 Å². The Balaban J connectivity index is 1.50. The van der Waals surface area contributed by atoms with Crippen molar-refractivity contribution < 1.29 is 0 Å². The van der Waals surface area contributed by atoms with Crippen molar-refractivity contribution in [3.05, 3.63) is 57.0 Å². The van der Waals surface area contributed by atoms with Crippen LogP contribution in [0.4, 0.5) is 5.69 Å². The van der Waals surface area contributed by atoms with E-state index >= 15 is 0 Å². The Kier molecular flexibility index (Phi) is 3.85. The molecule has 2 aromatic rings. The Morgan fingerprint density at radius 1 is 1.25 bits per heavy atom. The minimum absolute atomic E-state index is 0.231. The van der Waals surface area contributed by atoms with Crippen molar-refractivity contribution in [2.75, 3.05) is 18.0 Å². The zero-order valence-electron chi connectivity index (χ0n) is 13.9. The molecule has 1 aromatic carbocycles. The van der Waals surface area contributed by atoms with Crippen molar-refractivity contribution in [1.29, 1.82) is 0 Å². The number of hydrogen-bond acceptors (Lipinski definition) is 4. The minimum Gasteiger partial charge on any atom is -0.366 e. The van der Waals surface area contributed by atoms with Gasteiger partial charge in [0.1, 0.15) is 5.02 Å². The molecule has 0 aliphatic carbocycles. The van der Waals surface area contributed by atoms with E-state index in [-0.39, 0.29) is 10.6 Å². The predicted molar refractivity (Wildman–Crippen MR) is 95.6 cm³/mol. The zero-order chi connectivity index (χ0) is 16.8. The van der Waals surface area contributed by atoms with E-state index in [2.05, 4.69) is 46.1 Å². The third-order valence-electron chi connectivity index (χ3n) is 5.36. The SMILES string of the molecule is Cc1ccccc1CN1C2CC1CN(c1cnn(C)c(=O)c1Cl)C2. The topological polar surface area (TPSA) is 41.4 Å². The van der Waals surface area contributed by atoms with Crippen LogP contribution in [0, 0.1) is 6.92 Å². The molecule has 6 heteroatoms. The molecular formula is C18H21ClN4O. The van der Waals surface area contributed by atoms with Crippen LogP contribution in [-0.2, 0) is 13.6 Å². The summed E-state index contributed by atoms with van der Waals surface area (Å²) in [6.45, 7) is 4.97. The predicted octanol–water partition coefficient (Wildman–Crippen LogP) is 2.21. The number of piperazine rings is 1. The van der Waals surface area contributed by atoms with Gasteiger partial charge in [-0.15, -0.1) is 0 Å². The number of aromatic nitrogens is 2. The van der Waals surface area contributed by atoms with Gasteiger partial charge in [0.15, 0.2) is 0 Å². The van der Waals surface area contributed by atoms with E-state index in [1.165, 1.54) is 22.2 Å². The van der Waals surface area contributed by atoms with Gasteiger partial charge in [-0.3, -0.25) is 9.69 Å². The number of piperidine rings is 1. The Labute approximate surface area is 146 Å². The van der Waals surface area contributed by atoms with Gasteiger partial charge in [-0.1, -0.05) is 35.9 Å². The van der Waals surface area contributed by atoms with Gasteiger partial charge in [0.25, 0.3) is 5.56 Å². The smallest absolute Gasteiger partial charge is 0.287 e. The highest BCUT2D eigenvalue weighted by molar-refractivity contribution is 6.33. The van der Waals surface area contributed by atoms with Crippen LogP contribution in [0.25, 0.3) is 0 Å². The second kappa shape index (κ2) is 5.90. The lowest BCUT2D eigenvalue weighted by Crippen LogP contribution is -2.68. The van der Waals surface area contributed by atoms with Crippen molar-refractivity contribution in [3.8, 4) is 0 Å². The van der Waals surface area contributed by atoms with Crippen LogP contribution in [0.3, 0.4) is 0 Å². The van der Waals surface area contributed by atoms with Gasteiger partial charge in [-0.05, 0) is 24.5 Å². The van der Waals surface area contributed by atoms with Gasteiger partial charge in [-0.25, -0.2) is 4.68 Å². The van der Waals surface area contributed by atoms with E-state index in [0.29, 0.717) is 12.1 Å². The maximum Gasteiger partial charge on any atom is 0.287 e. The van der Waals surface area contributed by atoms with Gasteiger partial charge in [0.2, 0.25) is 0 Å². The van der Waals surface area contributed by atoms with Gasteiger partial charge in [0, 0.05) is 38.8 Å². The van der Waals surface area contributed by atoms with E-state index in [1.807, 2.05) is 0 Å².